The van der Waals surface area contributed by atoms with Crippen LogP contribution in [0.4, 0.5) is 0 Å². The zero-order chi connectivity index (χ0) is 17.2. The van der Waals surface area contributed by atoms with Crippen LogP contribution in [0.25, 0.3) is 11.1 Å². The lowest BCUT2D eigenvalue weighted by Crippen LogP contribution is -2.36. The highest BCUT2D eigenvalue weighted by Crippen LogP contribution is 2.31. The molecule has 0 aliphatic carbocycles. The van der Waals surface area contributed by atoms with Crippen LogP contribution >= 0.6 is 11.6 Å². The summed E-state index contributed by atoms with van der Waals surface area (Å²) in [5.74, 6) is 0. The minimum atomic E-state index is -1.24. The second-order valence-corrected chi connectivity index (χ2v) is 6.18. The van der Waals surface area contributed by atoms with Crippen LogP contribution in [0.3, 0.4) is 0 Å². The van der Waals surface area contributed by atoms with Crippen LogP contribution in [-0.2, 0) is 12.0 Å². The summed E-state index contributed by atoms with van der Waals surface area (Å²) in [5, 5.41) is 18.9. The Morgan fingerprint density at radius 2 is 1.67 bits per heavy atom. The lowest BCUT2D eigenvalue weighted by Gasteiger charge is -2.28. The van der Waals surface area contributed by atoms with Crippen molar-refractivity contribution in [3.05, 3.63) is 76.6 Å². The summed E-state index contributed by atoms with van der Waals surface area (Å²) >= 11 is 5.94. The number of aryl methyl sites for hydroxylation is 1. The third kappa shape index (κ3) is 2.96. The number of nitrogens with one attached hydrogen (secondary N) is 1. The molecule has 5 heteroatoms. The van der Waals surface area contributed by atoms with Crippen molar-refractivity contribution in [3.63, 3.8) is 0 Å². The predicted octanol–water partition coefficient (Wildman–Crippen LogP) is 3.49. The van der Waals surface area contributed by atoms with Crippen LogP contribution in [0.15, 0.2) is 54.7 Å². The van der Waals surface area contributed by atoms with E-state index >= 15 is 0 Å². The summed E-state index contributed by atoms with van der Waals surface area (Å²) in [6.45, 7) is 2.15. The van der Waals surface area contributed by atoms with E-state index in [0.29, 0.717) is 5.02 Å². The molecule has 3 rings (SSSR count). The molecule has 24 heavy (non-hydrogen) atoms. The van der Waals surface area contributed by atoms with Gasteiger partial charge in [-0.25, -0.2) is 0 Å². The number of nitrogens with two attached hydrogens (primary N) is 1. The van der Waals surface area contributed by atoms with Gasteiger partial charge in [-0.2, -0.15) is 5.10 Å². The zero-order valence-corrected chi connectivity index (χ0v) is 14.2. The van der Waals surface area contributed by atoms with Gasteiger partial charge in [0.1, 0.15) is 5.60 Å². The van der Waals surface area contributed by atoms with E-state index in [1.807, 2.05) is 30.5 Å². The first-order valence-corrected chi connectivity index (χ1v) is 8.28. The molecule has 124 valence electrons. The highest BCUT2D eigenvalue weighted by Gasteiger charge is 2.30. The molecule has 4 nitrogen and oxygen atoms in total. The first-order chi connectivity index (χ1) is 11.6. The van der Waals surface area contributed by atoms with Crippen LogP contribution < -0.4 is 5.73 Å². The van der Waals surface area contributed by atoms with Crippen LogP contribution in [0, 0.1) is 0 Å². The van der Waals surface area contributed by atoms with Gasteiger partial charge in [0.05, 0.1) is 5.69 Å². The first-order valence-electron chi connectivity index (χ1n) is 7.90. The average Bonchev–Trinajstić information content (AvgIpc) is 3.10. The number of aliphatic hydroxyl groups is 1. The summed E-state index contributed by atoms with van der Waals surface area (Å²) in [4.78, 5) is 0. The third-order valence-electron chi connectivity index (χ3n) is 4.34. The lowest BCUT2D eigenvalue weighted by atomic mass is 9.85. The summed E-state index contributed by atoms with van der Waals surface area (Å²) in [7, 11) is 0. The fourth-order valence-electron chi connectivity index (χ4n) is 2.89. The molecule has 1 aromatic heterocycles. The maximum Gasteiger partial charge on any atom is 0.127 e. The Morgan fingerprint density at radius 1 is 1.08 bits per heavy atom. The first kappa shape index (κ1) is 16.7. The van der Waals surface area contributed by atoms with Crippen molar-refractivity contribution >= 4 is 11.6 Å². The molecule has 0 aliphatic rings. The van der Waals surface area contributed by atoms with Gasteiger partial charge in [-0.15, -0.1) is 0 Å². The standard InChI is InChI=1S/C19H20ClN3O/c1-2-18-17(11-22-23-18)13-3-5-14(6-4-13)19(24,12-21)15-7-9-16(20)10-8-15/h3-11,24H,2,12,21H2,1H3,(H,22,23). The maximum atomic E-state index is 11.1. The number of benzene rings is 2. The largest absolute Gasteiger partial charge is 0.379 e. The molecule has 1 atom stereocenters. The quantitative estimate of drug-likeness (QED) is 0.665. The number of aromatic amines is 1. The number of nitrogens with zero attached hydrogens (tertiary/aromatic N) is 1. The molecule has 0 spiro atoms. The molecule has 0 saturated carbocycles. The Kier molecular flexibility index (Phi) is 4.71. The van der Waals surface area contributed by atoms with Crippen molar-refractivity contribution in [1.82, 2.24) is 10.2 Å². The van der Waals surface area contributed by atoms with Crippen molar-refractivity contribution in [3.8, 4) is 11.1 Å². The highest BCUT2D eigenvalue weighted by atomic mass is 35.5. The van der Waals surface area contributed by atoms with E-state index < -0.39 is 5.60 Å². The van der Waals surface area contributed by atoms with E-state index in [1.54, 1.807) is 24.3 Å². The average molecular weight is 342 g/mol. The molecule has 3 aromatic rings. The fourth-order valence-corrected chi connectivity index (χ4v) is 3.02. The monoisotopic (exact) mass is 341 g/mol. The van der Waals surface area contributed by atoms with Crippen LogP contribution in [0.1, 0.15) is 23.7 Å². The van der Waals surface area contributed by atoms with Crippen LogP contribution in [-0.4, -0.2) is 21.8 Å². The molecule has 2 aromatic carbocycles. The molecule has 0 amide bonds. The minimum absolute atomic E-state index is 0.0832. The number of halogens is 1. The molecule has 0 bridgehead atoms. The summed E-state index contributed by atoms with van der Waals surface area (Å²) in [6, 6.07) is 14.9. The van der Waals surface area contributed by atoms with E-state index in [1.165, 1.54) is 0 Å². The van der Waals surface area contributed by atoms with Gasteiger partial charge in [-0.05, 0) is 35.2 Å². The third-order valence-corrected chi connectivity index (χ3v) is 4.60. The smallest absolute Gasteiger partial charge is 0.127 e. The van der Waals surface area contributed by atoms with Crippen molar-refractivity contribution in [2.45, 2.75) is 18.9 Å². The van der Waals surface area contributed by atoms with E-state index in [-0.39, 0.29) is 6.54 Å². The number of hydrogen-bond donors (Lipinski definition) is 3. The lowest BCUT2D eigenvalue weighted by molar-refractivity contribution is 0.0902. The van der Waals surface area contributed by atoms with Gasteiger partial charge < -0.3 is 10.8 Å². The predicted molar refractivity (Wildman–Crippen MR) is 96.9 cm³/mol. The van der Waals surface area contributed by atoms with E-state index in [2.05, 4.69) is 17.1 Å². The fraction of sp³-hybridized carbons (Fsp3) is 0.211. The molecular formula is C19H20ClN3O. The van der Waals surface area contributed by atoms with Crippen molar-refractivity contribution in [2.75, 3.05) is 6.54 Å². The molecule has 1 unspecified atom stereocenters. The van der Waals surface area contributed by atoms with Crippen LogP contribution in [0.2, 0.25) is 5.02 Å². The Balaban J connectivity index is 1.97. The molecular weight excluding hydrogens is 322 g/mol. The van der Waals surface area contributed by atoms with E-state index in [0.717, 1.165) is 34.4 Å². The van der Waals surface area contributed by atoms with E-state index in [9.17, 15) is 5.11 Å². The number of H-pyrrole nitrogens is 1. The van der Waals surface area contributed by atoms with Gasteiger partial charge in [0, 0.05) is 23.3 Å². The molecule has 0 aliphatic heterocycles. The van der Waals surface area contributed by atoms with Crippen molar-refractivity contribution in [2.24, 2.45) is 5.73 Å². The second kappa shape index (κ2) is 6.77. The molecule has 0 radical (unpaired) electrons. The molecule has 4 N–H and O–H groups in total. The number of aromatic nitrogens is 2. The van der Waals surface area contributed by atoms with Crippen molar-refractivity contribution in [1.29, 1.82) is 0 Å². The zero-order valence-electron chi connectivity index (χ0n) is 13.5. The Hall–Kier alpha value is -2.14. The normalized spacial score (nSPS) is 13.7. The molecule has 1 heterocycles. The Morgan fingerprint density at radius 3 is 2.21 bits per heavy atom. The summed E-state index contributed by atoms with van der Waals surface area (Å²) < 4.78 is 0. The molecule has 0 saturated heterocycles. The van der Waals surface area contributed by atoms with Crippen LogP contribution in [0.5, 0.6) is 0 Å². The SMILES string of the molecule is CCc1n[nH]cc1-c1ccc(C(O)(CN)c2ccc(Cl)cc2)cc1. The van der Waals surface area contributed by atoms with Gasteiger partial charge in [0.2, 0.25) is 0 Å². The summed E-state index contributed by atoms with van der Waals surface area (Å²) in [5.41, 5.74) is 9.27. The van der Waals surface area contributed by atoms with Gasteiger partial charge >= 0.3 is 0 Å². The van der Waals surface area contributed by atoms with Gasteiger partial charge in [-0.3, -0.25) is 5.10 Å². The molecule has 0 fully saturated rings. The Labute approximate surface area is 146 Å². The Bertz CT molecular complexity index is 811. The van der Waals surface area contributed by atoms with E-state index in [4.69, 9.17) is 17.3 Å². The van der Waals surface area contributed by atoms with Crippen molar-refractivity contribution < 1.29 is 5.11 Å². The van der Waals surface area contributed by atoms with Gasteiger partial charge in [0.15, 0.2) is 0 Å². The highest BCUT2D eigenvalue weighted by molar-refractivity contribution is 6.30. The minimum Gasteiger partial charge on any atom is -0.379 e. The van der Waals surface area contributed by atoms with Gasteiger partial charge in [-0.1, -0.05) is 54.9 Å². The topological polar surface area (TPSA) is 74.9 Å². The number of hydrogen-bond acceptors (Lipinski definition) is 3. The number of rotatable bonds is 5. The second-order valence-electron chi connectivity index (χ2n) is 5.75. The summed E-state index contributed by atoms with van der Waals surface area (Å²) in [6.07, 6.45) is 2.75. The van der Waals surface area contributed by atoms with Gasteiger partial charge in [0.25, 0.3) is 0 Å². The maximum absolute atomic E-state index is 11.1.